The first-order chi connectivity index (χ1) is 8.03. The lowest BCUT2D eigenvalue weighted by molar-refractivity contribution is 0.401. The van der Waals surface area contributed by atoms with Crippen molar-refractivity contribution in [2.75, 3.05) is 6.54 Å². The summed E-state index contributed by atoms with van der Waals surface area (Å²) >= 11 is 3.48. The molecule has 1 aromatic heterocycles. The van der Waals surface area contributed by atoms with Crippen molar-refractivity contribution in [1.29, 1.82) is 0 Å². The van der Waals surface area contributed by atoms with Crippen molar-refractivity contribution in [1.82, 2.24) is 15.3 Å². The fourth-order valence-corrected chi connectivity index (χ4v) is 2.82. The van der Waals surface area contributed by atoms with Gasteiger partial charge in [-0.15, -0.1) is 0 Å². The Morgan fingerprint density at radius 1 is 1.41 bits per heavy atom. The van der Waals surface area contributed by atoms with Gasteiger partial charge in [0.25, 0.3) is 0 Å². The molecule has 0 amide bonds. The number of rotatable bonds is 1. The van der Waals surface area contributed by atoms with Crippen molar-refractivity contribution in [2.45, 2.75) is 26.3 Å². The van der Waals surface area contributed by atoms with E-state index in [4.69, 9.17) is 0 Å². The first kappa shape index (κ1) is 11.2. The van der Waals surface area contributed by atoms with E-state index in [1.807, 2.05) is 12.1 Å². The van der Waals surface area contributed by atoms with E-state index >= 15 is 0 Å². The van der Waals surface area contributed by atoms with Gasteiger partial charge in [-0.2, -0.15) is 0 Å². The Balaban J connectivity index is 1.96. The number of benzene rings is 1. The highest BCUT2D eigenvalue weighted by Crippen LogP contribution is 2.35. The van der Waals surface area contributed by atoms with Gasteiger partial charge < -0.3 is 10.3 Å². The summed E-state index contributed by atoms with van der Waals surface area (Å²) in [7, 11) is 0. The highest BCUT2D eigenvalue weighted by molar-refractivity contribution is 9.10. The van der Waals surface area contributed by atoms with E-state index in [0.717, 1.165) is 34.3 Å². The summed E-state index contributed by atoms with van der Waals surface area (Å²) in [5.74, 6) is 1.06. The van der Waals surface area contributed by atoms with Gasteiger partial charge in [-0.05, 0) is 30.0 Å². The molecule has 1 atom stereocenters. The Kier molecular flexibility index (Phi) is 2.52. The first-order valence-electron chi connectivity index (χ1n) is 5.92. The Bertz CT molecular complexity index is 559. The van der Waals surface area contributed by atoms with Crippen LogP contribution >= 0.6 is 15.9 Å². The molecule has 0 radical (unpaired) electrons. The van der Waals surface area contributed by atoms with Crippen molar-refractivity contribution in [3.8, 4) is 0 Å². The molecule has 0 spiro atoms. The molecule has 1 unspecified atom stereocenters. The number of aromatic nitrogens is 2. The van der Waals surface area contributed by atoms with Gasteiger partial charge in [-0.1, -0.05) is 29.8 Å². The smallest absolute Gasteiger partial charge is 0.124 e. The number of halogens is 1. The minimum Gasteiger partial charge on any atom is -0.341 e. The van der Waals surface area contributed by atoms with Crippen molar-refractivity contribution in [3.63, 3.8) is 0 Å². The predicted molar refractivity (Wildman–Crippen MR) is 72.9 cm³/mol. The predicted octanol–water partition coefficient (Wildman–Crippen LogP) is 3.39. The van der Waals surface area contributed by atoms with E-state index in [0.29, 0.717) is 11.5 Å². The topological polar surface area (TPSA) is 40.7 Å². The SMILES string of the molecule is CC1(C)CNC(c2nc3ccc(Br)cc3[nH]2)C1. The van der Waals surface area contributed by atoms with E-state index in [-0.39, 0.29) is 0 Å². The van der Waals surface area contributed by atoms with Crippen LogP contribution in [0, 0.1) is 5.41 Å². The molecule has 1 aliphatic rings. The second kappa shape index (κ2) is 3.82. The Morgan fingerprint density at radius 3 is 2.94 bits per heavy atom. The quantitative estimate of drug-likeness (QED) is 0.846. The average Bonchev–Trinajstić information content (AvgIpc) is 2.80. The standard InChI is InChI=1S/C13H16BrN3/c1-13(2)6-11(15-7-13)12-16-9-4-3-8(14)5-10(9)17-12/h3-5,11,15H,6-7H2,1-2H3,(H,16,17). The Morgan fingerprint density at radius 2 is 2.24 bits per heavy atom. The first-order valence-corrected chi connectivity index (χ1v) is 6.71. The summed E-state index contributed by atoms with van der Waals surface area (Å²) < 4.78 is 1.08. The Hall–Kier alpha value is -0.870. The molecule has 1 saturated heterocycles. The van der Waals surface area contributed by atoms with Gasteiger partial charge in [0.1, 0.15) is 5.82 Å². The maximum atomic E-state index is 4.66. The molecular formula is C13H16BrN3. The average molecular weight is 294 g/mol. The number of hydrogen-bond acceptors (Lipinski definition) is 2. The zero-order valence-corrected chi connectivity index (χ0v) is 11.6. The normalized spacial score (nSPS) is 23.4. The van der Waals surface area contributed by atoms with Crippen molar-refractivity contribution < 1.29 is 0 Å². The van der Waals surface area contributed by atoms with E-state index in [9.17, 15) is 0 Å². The fraction of sp³-hybridized carbons (Fsp3) is 0.462. The lowest BCUT2D eigenvalue weighted by Gasteiger charge is -2.14. The molecule has 1 aliphatic heterocycles. The molecule has 1 aromatic carbocycles. The summed E-state index contributed by atoms with van der Waals surface area (Å²) in [6.45, 7) is 5.64. The van der Waals surface area contributed by atoms with Crippen LogP contribution in [-0.4, -0.2) is 16.5 Å². The number of nitrogens with one attached hydrogen (secondary N) is 2. The lowest BCUT2D eigenvalue weighted by Crippen LogP contribution is -2.17. The lowest BCUT2D eigenvalue weighted by atomic mass is 9.90. The van der Waals surface area contributed by atoms with E-state index in [2.05, 4.69) is 51.1 Å². The largest absolute Gasteiger partial charge is 0.341 e. The number of imidazole rings is 1. The molecule has 0 saturated carbocycles. The molecule has 2 aromatic rings. The highest BCUT2D eigenvalue weighted by Gasteiger charge is 2.32. The van der Waals surface area contributed by atoms with Crippen molar-refractivity contribution in [2.24, 2.45) is 5.41 Å². The van der Waals surface area contributed by atoms with Gasteiger partial charge in [0.2, 0.25) is 0 Å². The van der Waals surface area contributed by atoms with Crippen LogP contribution in [0.1, 0.15) is 32.1 Å². The molecular weight excluding hydrogens is 278 g/mol. The molecule has 3 rings (SSSR count). The summed E-state index contributed by atoms with van der Waals surface area (Å²) in [5, 5.41) is 3.53. The second-order valence-corrected chi connectivity index (χ2v) is 6.50. The number of fused-ring (bicyclic) bond motifs is 1. The number of H-pyrrole nitrogens is 1. The van der Waals surface area contributed by atoms with Crippen LogP contribution in [-0.2, 0) is 0 Å². The fourth-order valence-electron chi connectivity index (χ4n) is 2.46. The molecule has 2 N–H and O–H groups in total. The summed E-state index contributed by atoms with van der Waals surface area (Å²) in [5.41, 5.74) is 2.50. The Labute approximate surface area is 109 Å². The van der Waals surface area contributed by atoms with E-state index in [1.54, 1.807) is 0 Å². The molecule has 17 heavy (non-hydrogen) atoms. The molecule has 0 bridgehead atoms. The van der Waals surface area contributed by atoms with E-state index < -0.39 is 0 Å². The highest BCUT2D eigenvalue weighted by atomic mass is 79.9. The van der Waals surface area contributed by atoms with Gasteiger partial charge in [-0.25, -0.2) is 4.98 Å². The van der Waals surface area contributed by atoms with Gasteiger partial charge in [0.05, 0.1) is 17.1 Å². The molecule has 2 heterocycles. The maximum absolute atomic E-state index is 4.66. The van der Waals surface area contributed by atoms with Crippen LogP contribution in [0.4, 0.5) is 0 Å². The maximum Gasteiger partial charge on any atom is 0.124 e. The summed E-state index contributed by atoms with van der Waals surface area (Å²) in [6, 6.07) is 6.50. The number of nitrogens with zero attached hydrogens (tertiary/aromatic N) is 1. The van der Waals surface area contributed by atoms with Gasteiger partial charge in [0, 0.05) is 11.0 Å². The summed E-state index contributed by atoms with van der Waals surface area (Å²) in [6.07, 6.45) is 1.13. The van der Waals surface area contributed by atoms with Crippen LogP contribution in [0.25, 0.3) is 11.0 Å². The van der Waals surface area contributed by atoms with Crippen LogP contribution in [0.5, 0.6) is 0 Å². The van der Waals surface area contributed by atoms with E-state index in [1.165, 1.54) is 0 Å². The van der Waals surface area contributed by atoms with Crippen LogP contribution in [0.15, 0.2) is 22.7 Å². The monoisotopic (exact) mass is 293 g/mol. The van der Waals surface area contributed by atoms with Crippen LogP contribution < -0.4 is 5.32 Å². The van der Waals surface area contributed by atoms with Gasteiger partial charge in [-0.3, -0.25) is 0 Å². The zero-order chi connectivity index (χ0) is 12.0. The zero-order valence-electron chi connectivity index (χ0n) is 10.0. The van der Waals surface area contributed by atoms with Crippen molar-refractivity contribution >= 4 is 27.0 Å². The minimum atomic E-state index is 0.358. The number of aromatic amines is 1. The van der Waals surface area contributed by atoms with Gasteiger partial charge in [0.15, 0.2) is 0 Å². The number of hydrogen-bond donors (Lipinski definition) is 2. The molecule has 90 valence electrons. The third kappa shape index (κ3) is 2.11. The third-order valence-electron chi connectivity index (χ3n) is 3.38. The summed E-state index contributed by atoms with van der Waals surface area (Å²) in [4.78, 5) is 8.07. The molecule has 0 aliphatic carbocycles. The molecule has 3 nitrogen and oxygen atoms in total. The van der Waals surface area contributed by atoms with Crippen LogP contribution in [0.3, 0.4) is 0 Å². The van der Waals surface area contributed by atoms with Crippen molar-refractivity contribution in [3.05, 3.63) is 28.5 Å². The van der Waals surface area contributed by atoms with Gasteiger partial charge >= 0.3 is 0 Å². The third-order valence-corrected chi connectivity index (χ3v) is 3.87. The minimum absolute atomic E-state index is 0.358. The molecule has 1 fully saturated rings. The molecule has 4 heteroatoms. The second-order valence-electron chi connectivity index (χ2n) is 5.59. The van der Waals surface area contributed by atoms with Crippen LogP contribution in [0.2, 0.25) is 0 Å².